The van der Waals surface area contributed by atoms with Crippen molar-refractivity contribution in [1.82, 2.24) is 4.98 Å². The van der Waals surface area contributed by atoms with Gasteiger partial charge in [0.1, 0.15) is 11.6 Å². The zero-order chi connectivity index (χ0) is 17.6. The molecule has 3 nitrogen and oxygen atoms in total. The Labute approximate surface area is 145 Å². The summed E-state index contributed by atoms with van der Waals surface area (Å²) in [7, 11) is 0. The number of hydrogen-bond donors (Lipinski definition) is 1. The quantitative estimate of drug-likeness (QED) is 0.737. The van der Waals surface area contributed by atoms with Crippen molar-refractivity contribution < 1.29 is 9.18 Å². The Morgan fingerprint density at radius 1 is 1.16 bits per heavy atom. The van der Waals surface area contributed by atoms with Crippen molar-refractivity contribution in [2.45, 2.75) is 20.3 Å². The highest BCUT2D eigenvalue weighted by molar-refractivity contribution is 5.96. The SMILES string of the molecule is Cc1ccc(F)cc1-c1ccc2cc(NC(=O)[C@H]3C[C@@H]3C)ncc2c1. The number of halogens is 1. The van der Waals surface area contributed by atoms with Crippen molar-refractivity contribution >= 4 is 22.5 Å². The topological polar surface area (TPSA) is 42.0 Å². The summed E-state index contributed by atoms with van der Waals surface area (Å²) in [5.74, 6) is 0.970. The summed E-state index contributed by atoms with van der Waals surface area (Å²) in [5, 5.41) is 4.84. The summed E-state index contributed by atoms with van der Waals surface area (Å²) in [6.45, 7) is 4.04. The first-order valence-corrected chi connectivity index (χ1v) is 8.48. The molecule has 1 amide bonds. The zero-order valence-corrected chi connectivity index (χ0v) is 14.2. The van der Waals surface area contributed by atoms with E-state index in [1.54, 1.807) is 18.3 Å². The lowest BCUT2D eigenvalue weighted by atomic mass is 9.98. The first-order chi connectivity index (χ1) is 12.0. The first-order valence-electron chi connectivity index (χ1n) is 8.48. The zero-order valence-electron chi connectivity index (χ0n) is 14.2. The maximum atomic E-state index is 13.6. The van der Waals surface area contributed by atoms with Gasteiger partial charge in [0.25, 0.3) is 0 Å². The molecule has 0 spiro atoms. The van der Waals surface area contributed by atoms with Crippen molar-refractivity contribution in [3.63, 3.8) is 0 Å². The van der Waals surface area contributed by atoms with Crippen LogP contribution in [0.5, 0.6) is 0 Å². The van der Waals surface area contributed by atoms with Gasteiger partial charge in [-0.3, -0.25) is 4.79 Å². The number of anilines is 1. The van der Waals surface area contributed by atoms with E-state index in [0.29, 0.717) is 11.7 Å². The van der Waals surface area contributed by atoms with E-state index in [-0.39, 0.29) is 17.6 Å². The van der Waals surface area contributed by atoms with Crippen LogP contribution in [0, 0.1) is 24.6 Å². The molecule has 0 unspecified atom stereocenters. The van der Waals surface area contributed by atoms with Crippen molar-refractivity contribution in [2.24, 2.45) is 11.8 Å². The van der Waals surface area contributed by atoms with Crippen LogP contribution >= 0.6 is 0 Å². The minimum Gasteiger partial charge on any atom is -0.310 e. The van der Waals surface area contributed by atoms with Crippen LogP contribution in [0.15, 0.2) is 48.7 Å². The molecule has 126 valence electrons. The second-order valence-corrected chi connectivity index (χ2v) is 6.90. The van der Waals surface area contributed by atoms with Crippen LogP contribution in [-0.4, -0.2) is 10.9 Å². The number of aromatic nitrogens is 1. The van der Waals surface area contributed by atoms with Crippen LogP contribution in [0.3, 0.4) is 0 Å². The minimum atomic E-state index is -0.244. The molecular weight excluding hydrogens is 315 g/mol. The number of carbonyl (C=O) groups is 1. The van der Waals surface area contributed by atoms with Crippen LogP contribution in [0.1, 0.15) is 18.9 Å². The smallest absolute Gasteiger partial charge is 0.228 e. The maximum Gasteiger partial charge on any atom is 0.228 e. The molecule has 1 saturated carbocycles. The lowest BCUT2D eigenvalue weighted by Crippen LogP contribution is -2.15. The summed E-state index contributed by atoms with van der Waals surface area (Å²) in [5.41, 5.74) is 2.85. The van der Waals surface area contributed by atoms with Crippen molar-refractivity contribution in [3.8, 4) is 11.1 Å². The van der Waals surface area contributed by atoms with Crippen molar-refractivity contribution in [2.75, 3.05) is 5.32 Å². The summed E-state index contributed by atoms with van der Waals surface area (Å²) < 4.78 is 13.6. The second kappa shape index (κ2) is 5.96. The van der Waals surface area contributed by atoms with Crippen LogP contribution in [-0.2, 0) is 4.79 Å². The largest absolute Gasteiger partial charge is 0.310 e. The number of fused-ring (bicyclic) bond motifs is 1. The van der Waals surface area contributed by atoms with E-state index in [1.807, 2.05) is 31.2 Å². The molecule has 0 bridgehead atoms. The number of hydrogen-bond acceptors (Lipinski definition) is 2. The Morgan fingerprint density at radius 3 is 2.72 bits per heavy atom. The second-order valence-electron chi connectivity index (χ2n) is 6.90. The average molecular weight is 334 g/mol. The standard InChI is InChI=1S/C21H19FN2O/c1-12-3-6-17(22)10-18(12)15-5-4-14-9-20(23-11-16(14)8-15)24-21(25)19-7-13(19)2/h3-6,8-11,13,19H,7H2,1-2H3,(H,23,24,25)/t13-,19-/m0/s1. The summed E-state index contributed by atoms with van der Waals surface area (Å²) in [6.07, 6.45) is 2.70. The molecule has 1 fully saturated rings. The summed E-state index contributed by atoms with van der Waals surface area (Å²) >= 11 is 0. The lowest BCUT2D eigenvalue weighted by Gasteiger charge is -2.09. The van der Waals surface area contributed by atoms with Gasteiger partial charge in [-0.25, -0.2) is 9.37 Å². The van der Waals surface area contributed by atoms with Crippen LogP contribution in [0.25, 0.3) is 21.9 Å². The number of pyridine rings is 1. The predicted molar refractivity (Wildman–Crippen MR) is 97.8 cm³/mol. The number of nitrogens with one attached hydrogen (secondary N) is 1. The van der Waals surface area contributed by atoms with Gasteiger partial charge in [0.2, 0.25) is 5.91 Å². The number of carbonyl (C=O) groups excluding carboxylic acids is 1. The van der Waals surface area contributed by atoms with Crippen LogP contribution < -0.4 is 5.32 Å². The van der Waals surface area contributed by atoms with E-state index < -0.39 is 0 Å². The van der Waals surface area contributed by atoms with Gasteiger partial charge in [-0.2, -0.15) is 0 Å². The summed E-state index contributed by atoms with van der Waals surface area (Å²) in [4.78, 5) is 16.4. The van der Waals surface area contributed by atoms with E-state index in [2.05, 4.69) is 17.2 Å². The summed E-state index contributed by atoms with van der Waals surface area (Å²) in [6, 6.07) is 12.6. The Morgan fingerprint density at radius 2 is 1.96 bits per heavy atom. The van der Waals surface area contributed by atoms with Gasteiger partial charge in [-0.15, -0.1) is 0 Å². The Kier molecular flexibility index (Phi) is 3.75. The third kappa shape index (κ3) is 3.12. The Balaban J connectivity index is 1.64. The number of aryl methyl sites for hydroxylation is 1. The maximum absolute atomic E-state index is 13.6. The van der Waals surface area contributed by atoms with Gasteiger partial charge in [-0.1, -0.05) is 25.1 Å². The highest BCUT2D eigenvalue weighted by Gasteiger charge is 2.39. The molecule has 0 saturated heterocycles. The number of amides is 1. The minimum absolute atomic E-state index is 0.0476. The molecule has 2 aromatic carbocycles. The fourth-order valence-corrected chi connectivity index (χ4v) is 3.19. The number of rotatable bonds is 3. The first kappa shape index (κ1) is 15.8. The third-order valence-corrected chi connectivity index (χ3v) is 4.93. The molecule has 1 heterocycles. The number of benzene rings is 2. The van der Waals surface area contributed by atoms with Gasteiger partial charge in [0.05, 0.1) is 0 Å². The highest BCUT2D eigenvalue weighted by Crippen LogP contribution is 2.38. The van der Waals surface area contributed by atoms with Crippen molar-refractivity contribution in [1.29, 1.82) is 0 Å². The van der Waals surface area contributed by atoms with E-state index in [0.717, 1.165) is 33.9 Å². The molecule has 25 heavy (non-hydrogen) atoms. The fraction of sp³-hybridized carbons (Fsp3) is 0.238. The normalized spacial score (nSPS) is 19.0. The molecule has 1 aromatic heterocycles. The molecule has 3 aromatic rings. The number of nitrogens with zero attached hydrogens (tertiary/aromatic N) is 1. The Bertz CT molecular complexity index is 983. The third-order valence-electron chi connectivity index (χ3n) is 4.93. The van der Waals surface area contributed by atoms with Crippen LogP contribution in [0.2, 0.25) is 0 Å². The van der Waals surface area contributed by atoms with Gasteiger partial charge < -0.3 is 5.32 Å². The Hall–Kier alpha value is -2.75. The lowest BCUT2D eigenvalue weighted by molar-refractivity contribution is -0.117. The molecule has 1 N–H and O–H groups in total. The predicted octanol–water partition coefficient (Wildman–Crippen LogP) is 4.94. The van der Waals surface area contributed by atoms with E-state index in [4.69, 9.17) is 0 Å². The molecule has 1 aliphatic rings. The molecule has 2 atom stereocenters. The van der Waals surface area contributed by atoms with Crippen molar-refractivity contribution in [3.05, 3.63) is 60.0 Å². The van der Waals surface area contributed by atoms with E-state index in [9.17, 15) is 9.18 Å². The average Bonchev–Trinajstić information content (AvgIpc) is 3.33. The molecular formula is C21H19FN2O. The molecule has 1 aliphatic carbocycles. The highest BCUT2D eigenvalue weighted by atomic mass is 19.1. The fourth-order valence-electron chi connectivity index (χ4n) is 3.19. The van der Waals surface area contributed by atoms with Crippen LogP contribution in [0.4, 0.5) is 10.2 Å². The molecule has 4 heteroatoms. The van der Waals surface area contributed by atoms with Gasteiger partial charge in [0.15, 0.2) is 0 Å². The molecule has 0 radical (unpaired) electrons. The molecule has 0 aliphatic heterocycles. The van der Waals surface area contributed by atoms with Gasteiger partial charge in [-0.05, 0) is 65.6 Å². The van der Waals surface area contributed by atoms with E-state index in [1.165, 1.54) is 6.07 Å². The molecule has 4 rings (SSSR count). The van der Waals surface area contributed by atoms with E-state index >= 15 is 0 Å². The van der Waals surface area contributed by atoms with Gasteiger partial charge in [0, 0.05) is 17.5 Å². The van der Waals surface area contributed by atoms with Gasteiger partial charge >= 0.3 is 0 Å². The monoisotopic (exact) mass is 334 g/mol.